The van der Waals surface area contributed by atoms with Gasteiger partial charge in [-0.05, 0) is 24.1 Å². The van der Waals surface area contributed by atoms with Crippen molar-refractivity contribution in [1.29, 1.82) is 0 Å². The van der Waals surface area contributed by atoms with Crippen LogP contribution >= 0.6 is 15.9 Å². The summed E-state index contributed by atoms with van der Waals surface area (Å²) in [4.78, 5) is 11.7. The highest BCUT2D eigenvalue weighted by Gasteiger charge is 2.08. The second kappa shape index (κ2) is 5.97. The van der Waals surface area contributed by atoms with E-state index >= 15 is 0 Å². The molecular weight excluding hydrogens is 313 g/mol. The van der Waals surface area contributed by atoms with Crippen LogP contribution in [0.2, 0.25) is 0 Å². The number of anilines is 1. The van der Waals surface area contributed by atoms with E-state index in [4.69, 9.17) is 0 Å². The molecule has 0 radical (unpaired) electrons. The molecule has 0 aliphatic carbocycles. The van der Waals surface area contributed by atoms with Gasteiger partial charge in [0, 0.05) is 30.2 Å². The molecule has 2 aromatic rings. The maximum absolute atomic E-state index is 13.6. The molecule has 19 heavy (non-hydrogen) atoms. The van der Waals surface area contributed by atoms with Crippen molar-refractivity contribution < 1.29 is 9.18 Å². The van der Waals surface area contributed by atoms with Crippen LogP contribution in [-0.4, -0.2) is 15.7 Å². The minimum absolute atomic E-state index is 0.180. The Balaban J connectivity index is 1.89. The molecule has 1 heterocycles. The molecule has 4 nitrogen and oxygen atoms in total. The zero-order chi connectivity index (χ0) is 13.8. The van der Waals surface area contributed by atoms with Crippen molar-refractivity contribution in [2.75, 3.05) is 5.32 Å². The minimum atomic E-state index is -0.306. The third-order valence-electron chi connectivity index (χ3n) is 2.62. The summed E-state index contributed by atoms with van der Waals surface area (Å²) in [5.74, 6) is 0.0183. The van der Waals surface area contributed by atoms with Crippen LogP contribution in [0.5, 0.6) is 0 Å². The maximum atomic E-state index is 13.6. The Morgan fingerprint density at radius 3 is 2.89 bits per heavy atom. The van der Waals surface area contributed by atoms with E-state index in [-0.39, 0.29) is 18.1 Å². The van der Waals surface area contributed by atoms with Gasteiger partial charge in [0.05, 0.1) is 0 Å². The smallest absolute Gasteiger partial charge is 0.225 e. The van der Waals surface area contributed by atoms with E-state index in [0.717, 1.165) is 0 Å². The number of hydrogen-bond acceptors (Lipinski definition) is 2. The molecule has 0 aliphatic heterocycles. The standard InChI is InChI=1S/C13H13BrFN3O/c1-18-7-6-12(17-18)16-13(19)5-3-9-2-4-10(14)8-11(9)15/h2,4,6-8H,3,5H2,1H3,(H,16,17,19). The first-order valence-corrected chi connectivity index (χ1v) is 6.57. The average molecular weight is 326 g/mol. The molecule has 1 aromatic carbocycles. The molecule has 100 valence electrons. The van der Waals surface area contributed by atoms with Gasteiger partial charge in [0.15, 0.2) is 5.82 Å². The van der Waals surface area contributed by atoms with Gasteiger partial charge in [-0.25, -0.2) is 4.39 Å². The van der Waals surface area contributed by atoms with E-state index in [1.807, 2.05) is 0 Å². The van der Waals surface area contributed by atoms with Gasteiger partial charge < -0.3 is 5.32 Å². The van der Waals surface area contributed by atoms with Gasteiger partial charge >= 0.3 is 0 Å². The average Bonchev–Trinajstić information content (AvgIpc) is 2.73. The lowest BCUT2D eigenvalue weighted by molar-refractivity contribution is -0.116. The van der Waals surface area contributed by atoms with Crippen LogP contribution in [0.1, 0.15) is 12.0 Å². The Labute approximate surface area is 118 Å². The molecular formula is C13H13BrFN3O. The van der Waals surface area contributed by atoms with Gasteiger partial charge in [-0.1, -0.05) is 22.0 Å². The number of halogens is 2. The van der Waals surface area contributed by atoms with Crippen LogP contribution < -0.4 is 5.32 Å². The van der Waals surface area contributed by atoms with Crippen molar-refractivity contribution in [3.63, 3.8) is 0 Å². The van der Waals surface area contributed by atoms with Crippen molar-refractivity contribution >= 4 is 27.7 Å². The highest BCUT2D eigenvalue weighted by molar-refractivity contribution is 9.10. The number of carbonyl (C=O) groups excluding carboxylic acids is 1. The van der Waals surface area contributed by atoms with E-state index in [1.165, 1.54) is 6.07 Å². The molecule has 1 amide bonds. The third kappa shape index (κ3) is 3.89. The number of aryl methyl sites for hydroxylation is 2. The fourth-order valence-corrected chi connectivity index (χ4v) is 1.99. The second-order valence-electron chi connectivity index (χ2n) is 4.16. The molecule has 0 aliphatic rings. The Hall–Kier alpha value is -1.69. The topological polar surface area (TPSA) is 46.9 Å². The molecule has 0 spiro atoms. The summed E-state index contributed by atoms with van der Waals surface area (Å²) in [5, 5.41) is 6.70. The van der Waals surface area contributed by atoms with Crippen molar-refractivity contribution in [3.8, 4) is 0 Å². The number of carbonyl (C=O) groups is 1. The molecule has 0 saturated heterocycles. The number of aromatic nitrogens is 2. The molecule has 1 N–H and O–H groups in total. The fraction of sp³-hybridized carbons (Fsp3) is 0.231. The third-order valence-corrected chi connectivity index (χ3v) is 3.11. The molecule has 2 rings (SSSR count). The summed E-state index contributed by atoms with van der Waals surface area (Å²) >= 11 is 3.19. The summed E-state index contributed by atoms with van der Waals surface area (Å²) in [6.45, 7) is 0. The van der Waals surface area contributed by atoms with E-state index < -0.39 is 0 Å². The molecule has 1 aromatic heterocycles. The summed E-state index contributed by atoms with van der Waals surface area (Å²) in [7, 11) is 1.77. The Bertz CT molecular complexity index is 597. The number of amides is 1. The first kappa shape index (κ1) is 13.7. The number of rotatable bonds is 4. The molecule has 0 fully saturated rings. The van der Waals surface area contributed by atoms with E-state index in [9.17, 15) is 9.18 Å². The van der Waals surface area contributed by atoms with Gasteiger partial charge in [0.2, 0.25) is 5.91 Å². The lowest BCUT2D eigenvalue weighted by atomic mass is 10.1. The maximum Gasteiger partial charge on any atom is 0.225 e. The van der Waals surface area contributed by atoms with E-state index in [2.05, 4.69) is 26.3 Å². The van der Waals surface area contributed by atoms with E-state index in [0.29, 0.717) is 22.3 Å². The van der Waals surface area contributed by atoms with Crippen LogP contribution in [0.25, 0.3) is 0 Å². The van der Waals surface area contributed by atoms with Gasteiger partial charge in [-0.2, -0.15) is 5.10 Å². The zero-order valence-electron chi connectivity index (χ0n) is 10.4. The lowest BCUT2D eigenvalue weighted by Crippen LogP contribution is -2.13. The number of nitrogens with one attached hydrogen (secondary N) is 1. The SMILES string of the molecule is Cn1ccc(NC(=O)CCc2ccc(Br)cc2F)n1. The van der Waals surface area contributed by atoms with Crippen LogP contribution in [0.4, 0.5) is 10.2 Å². The number of benzene rings is 1. The second-order valence-corrected chi connectivity index (χ2v) is 5.07. The summed E-state index contributed by atoms with van der Waals surface area (Å²) in [6, 6.07) is 6.53. The van der Waals surface area contributed by atoms with Crippen molar-refractivity contribution in [3.05, 3.63) is 46.3 Å². The van der Waals surface area contributed by atoms with Gasteiger partial charge in [0.1, 0.15) is 5.82 Å². The summed E-state index contributed by atoms with van der Waals surface area (Å²) in [5.41, 5.74) is 0.527. The number of nitrogens with zero attached hydrogens (tertiary/aromatic N) is 2. The van der Waals surface area contributed by atoms with Gasteiger partial charge in [-0.3, -0.25) is 9.48 Å². The van der Waals surface area contributed by atoms with Crippen LogP contribution in [0.15, 0.2) is 34.9 Å². The Kier molecular flexibility index (Phi) is 4.31. The Morgan fingerprint density at radius 2 is 2.26 bits per heavy atom. The monoisotopic (exact) mass is 325 g/mol. The first-order valence-electron chi connectivity index (χ1n) is 5.78. The minimum Gasteiger partial charge on any atom is -0.309 e. The predicted octanol–water partition coefficient (Wildman–Crippen LogP) is 2.89. The molecule has 0 bridgehead atoms. The quantitative estimate of drug-likeness (QED) is 0.939. The van der Waals surface area contributed by atoms with E-state index in [1.54, 1.807) is 36.1 Å². The summed E-state index contributed by atoms with van der Waals surface area (Å²) < 4.78 is 15.8. The molecule has 6 heteroatoms. The van der Waals surface area contributed by atoms with Crippen LogP contribution in [-0.2, 0) is 18.3 Å². The normalized spacial score (nSPS) is 10.5. The lowest BCUT2D eigenvalue weighted by Gasteiger charge is -2.04. The highest BCUT2D eigenvalue weighted by Crippen LogP contribution is 2.16. The zero-order valence-corrected chi connectivity index (χ0v) is 11.9. The Morgan fingerprint density at radius 1 is 1.47 bits per heavy atom. The van der Waals surface area contributed by atoms with Crippen molar-refractivity contribution in [1.82, 2.24) is 9.78 Å². The summed E-state index contributed by atoms with van der Waals surface area (Å²) in [6.07, 6.45) is 2.32. The first-order chi connectivity index (χ1) is 9.04. The van der Waals surface area contributed by atoms with Crippen molar-refractivity contribution in [2.24, 2.45) is 7.05 Å². The fourth-order valence-electron chi connectivity index (χ4n) is 1.66. The van der Waals surface area contributed by atoms with Crippen LogP contribution in [0, 0.1) is 5.82 Å². The van der Waals surface area contributed by atoms with Gasteiger partial charge in [-0.15, -0.1) is 0 Å². The van der Waals surface area contributed by atoms with Gasteiger partial charge in [0.25, 0.3) is 0 Å². The highest BCUT2D eigenvalue weighted by atomic mass is 79.9. The molecule has 0 atom stereocenters. The van der Waals surface area contributed by atoms with Crippen LogP contribution in [0.3, 0.4) is 0 Å². The molecule has 0 unspecified atom stereocenters. The molecule has 0 saturated carbocycles. The number of hydrogen-bond donors (Lipinski definition) is 1. The predicted molar refractivity (Wildman–Crippen MR) is 74.3 cm³/mol. The van der Waals surface area contributed by atoms with Crippen molar-refractivity contribution in [2.45, 2.75) is 12.8 Å². The largest absolute Gasteiger partial charge is 0.309 e.